The number of amides is 1. The second kappa shape index (κ2) is 5.52. The second-order valence-corrected chi connectivity index (χ2v) is 5.43. The van der Waals surface area contributed by atoms with Crippen LogP contribution in [-0.2, 0) is 11.2 Å². The van der Waals surface area contributed by atoms with E-state index in [9.17, 15) is 9.59 Å². The number of hydrogen-bond acceptors (Lipinski definition) is 2. The molecule has 0 spiro atoms. The lowest BCUT2D eigenvalue weighted by molar-refractivity contribution is -0.115. The van der Waals surface area contributed by atoms with E-state index in [1.54, 1.807) is 6.07 Å². The predicted octanol–water partition coefficient (Wildman–Crippen LogP) is 2.65. The average molecular weight is 295 g/mol. The smallest absolute Gasteiger partial charge is 0.323 e. The number of anilines is 1. The van der Waals surface area contributed by atoms with E-state index in [0.29, 0.717) is 5.52 Å². The number of fused-ring (bicyclic) bond motifs is 1. The van der Waals surface area contributed by atoms with Gasteiger partial charge in [0.2, 0.25) is 5.91 Å². The van der Waals surface area contributed by atoms with Crippen LogP contribution in [0.4, 0.5) is 5.69 Å². The molecule has 5 heteroatoms. The van der Waals surface area contributed by atoms with Gasteiger partial charge in [-0.25, -0.2) is 4.79 Å². The number of aryl methyl sites for hydroxylation is 1. The summed E-state index contributed by atoms with van der Waals surface area (Å²) >= 11 is 0. The maximum absolute atomic E-state index is 12.2. The van der Waals surface area contributed by atoms with Gasteiger partial charge in [-0.2, -0.15) is 0 Å². The van der Waals surface area contributed by atoms with E-state index in [1.807, 2.05) is 44.2 Å². The highest BCUT2D eigenvalue weighted by Crippen LogP contribution is 2.18. The molecule has 112 valence electrons. The van der Waals surface area contributed by atoms with Gasteiger partial charge in [-0.3, -0.25) is 4.79 Å². The molecule has 1 amide bonds. The number of carbonyl (C=O) groups is 1. The van der Waals surface area contributed by atoms with Crippen LogP contribution < -0.4 is 11.0 Å². The minimum absolute atomic E-state index is 0.0778. The van der Waals surface area contributed by atoms with Crippen molar-refractivity contribution in [1.29, 1.82) is 0 Å². The van der Waals surface area contributed by atoms with E-state index >= 15 is 0 Å². The van der Waals surface area contributed by atoms with E-state index in [2.05, 4.69) is 15.3 Å². The third kappa shape index (κ3) is 2.79. The molecule has 2 aromatic carbocycles. The molecule has 0 fully saturated rings. The summed E-state index contributed by atoms with van der Waals surface area (Å²) in [5.41, 5.74) is 5.11. The summed E-state index contributed by atoms with van der Waals surface area (Å²) in [5.74, 6) is -0.0778. The summed E-state index contributed by atoms with van der Waals surface area (Å²) in [6.07, 6.45) is 0.260. The molecular formula is C17H17N3O2. The molecular weight excluding hydrogens is 278 g/mol. The Labute approximate surface area is 127 Å². The van der Waals surface area contributed by atoms with Crippen LogP contribution in [0.15, 0.2) is 41.2 Å². The summed E-state index contributed by atoms with van der Waals surface area (Å²) in [5, 5.41) is 2.93. The number of aromatic nitrogens is 2. The highest BCUT2D eigenvalue weighted by molar-refractivity contribution is 5.93. The minimum Gasteiger partial charge on any atom is -0.326 e. The van der Waals surface area contributed by atoms with E-state index in [4.69, 9.17) is 0 Å². The van der Waals surface area contributed by atoms with Crippen molar-refractivity contribution >= 4 is 22.6 Å². The van der Waals surface area contributed by atoms with Crippen LogP contribution in [0.2, 0.25) is 0 Å². The lowest BCUT2D eigenvalue weighted by atomic mass is 10.1. The summed E-state index contributed by atoms with van der Waals surface area (Å²) in [6.45, 7) is 4.00. The molecule has 3 N–H and O–H groups in total. The van der Waals surface area contributed by atoms with Gasteiger partial charge in [0.25, 0.3) is 0 Å². The highest BCUT2D eigenvalue weighted by atomic mass is 16.1. The maximum Gasteiger partial charge on any atom is 0.323 e. The van der Waals surface area contributed by atoms with Crippen LogP contribution in [0.5, 0.6) is 0 Å². The average Bonchev–Trinajstić information content (AvgIpc) is 2.83. The zero-order valence-electron chi connectivity index (χ0n) is 12.5. The van der Waals surface area contributed by atoms with Crippen LogP contribution in [-0.4, -0.2) is 15.9 Å². The Bertz CT molecular complexity index is 906. The first-order chi connectivity index (χ1) is 10.5. The molecule has 3 rings (SSSR count). The van der Waals surface area contributed by atoms with Crippen molar-refractivity contribution in [2.45, 2.75) is 20.3 Å². The van der Waals surface area contributed by atoms with Crippen LogP contribution in [0.25, 0.3) is 11.0 Å². The third-order valence-electron chi connectivity index (χ3n) is 3.82. The monoisotopic (exact) mass is 295 g/mol. The first-order valence-electron chi connectivity index (χ1n) is 7.10. The van der Waals surface area contributed by atoms with Gasteiger partial charge >= 0.3 is 5.69 Å². The predicted molar refractivity (Wildman–Crippen MR) is 87.2 cm³/mol. The molecule has 5 nitrogen and oxygen atoms in total. The number of nitrogens with one attached hydrogen (secondary N) is 3. The number of carbonyl (C=O) groups excluding carboxylic acids is 1. The number of aromatic amines is 2. The SMILES string of the molecule is Cc1cccc(NC(=O)Cc2ccc3[nH]c(=O)[nH]c3c2)c1C. The van der Waals surface area contributed by atoms with Crippen LogP contribution in [0, 0.1) is 13.8 Å². The minimum atomic E-state index is -0.244. The summed E-state index contributed by atoms with van der Waals surface area (Å²) < 4.78 is 0. The standard InChI is InChI=1S/C17H17N3O2/c1-10-4-3-5-13(11(10)2)18-16(21)9-12-6-7-14-15(8-12)20-17(22)19-14/h3-8H,9H2,1-2H3,(H,18,21)(H2,19,20,22). The molecule has 0 atom stereocenters. The van der Waals surface area contributed by atoms with Crippen molar-refractivity contribution < 1.29 is 4.79 Å². The molecule has 22 heavy (non-hydrogen) atoms. The van der Waals surface area contributed by atoms with E-state index in [0.717, 1.165) is 27.9 Å². The number of imidazole rings is 1. The topological polar surface area (TPSA) is 77.8 Å². The molecule has 0 saturated heterocycles. The van der Waals surface area contributed by atoms with Gasteiger partial charge < -0.3 is 15.3 Å². The molecule has 0 bridgehead atoms. The van der Waals surface area contributed by atoms with Crippen molar-refractivity contribution in [3.05, 3.63) is 63.6 Å². The Balaban J connectivity index is 1.77. The second-order valence-electron chi connectivity index (χ2n) is 5.43. The van der Waals surface area contributed by atoms with E-state index in [1.165, 1.54) is 0 Å². The van der Waals surface area contributed by atoms with Crippen molar-refractivity contribution in [1.82, 2.24) is 9.97 Å². The summed E-state index contributed by atoms with van der Waals surface area (Å²) in [6, 6.07) is 11.3. The Morgan fingerprint density at radius 1 is 1.09 bits per heavy atom. The van der Waals surface area contributed by atoms with Gasteiger partial charge in [0, 0.05) is 5.69 Å². The van der Waals surface area contributed by atoms with E-state index < -0.39 is 0 Å². The molecule has 0 aliphatic carbocycles. The molecule has 0 saturated carbocycles. The summed E-state index contributed by atoms with van der Waals surface area (Å²) in [4.78, 5) is 28.8. The fourth-order valence-electron chi connectivity index (χ4n) is 2.46. The largest absolute Gasteiger partial charge is 0.326 e. The lowest BCUT2D eigenvalue weighted by Crippen LogP contribution is -2.15. The first-order valence-corrected chi connectivity index (χ1v) is 7.10. The highest BCUT2D eigenvalue weighted by Gasteiger charge is 2.08. The Morgan fingerprint density at radius 3 is 2.68 bits per heavy atom. The zero-order chi connectivity index (χ0) is 15.7. The number of H-pyrrole nitrogens is 2. The Kier molecular flexibility index (Phi) is 3.55. The molecule has 0 aliphatic heterocycles. The number of hydrogen-bond donors (Lipinski definition) is 3. The molecule has 0 unspecified atom stereocenters. The van der Waals surface area contributed by atoms with Crippen LogP contribution >= 0.6 is 0 Å². The normalized spacial score (nSPS) is 10.8. The van der Waals surface area contributed by atoms with Gasteiger partial charge in [-0.15, -0.1) is 0 Å². The van der Waals surface area contributed by atoms with Crippen molar-refractivity contribution in [2.75, 3.05) is 5.32 Å². The van der Waals surface area contributed by atoms with Crippen molar-refractivity contribution in [3.63, 3.8) is 0 Å². The van der Waals surface area contributed by atoms with Crippen LogP contribution in [0.1, 0.15) is 16.7 Å². The third-order valence-corrected chi connectivity index (χ3v) is 3.82. The number of rotatable bonds is 3. The van der Waals surface area contributed by atoms with Gasteiger partial charge in [0.1, 0.15) is 0 Å². The fourth-order valence-corrected chi connectivity index (χ4v) is 2.46. The molecule has 0 radical (unpaired) electrons. The Hall–Kier alpha value is -2.82. The fraction of sp³-hybridized carbons (Fsp3) is 0.176. The van der Waals surface area contributed by atoms with Gasteiger partial charge in [-0.1, -0.05) is 18.2 Å². The summed E-state index contributed by atoms with van der Waals surface area (Å²) in [7, 11) is 0. The van der Waals surface area contributed by atoms with Gasteiger partial charge in [0.05, 0.1) is 17.5 Å². The first kappa shape index (κ1) is 14.1. The zero-order valence-corrected chi connectivity index (χ0v) is 12.5. The van der Waals surface area contributed by atoms with E-state index in [-0.39, 0.29) is 18.0 Å². The van der Waals surface area contributed by atoms with Gasteiger partial charge in [-0.05, 0) is 48.7 Å². The van der Waals surface area contributed by atoms with Crippen LogP contribution in [0.3, 0.4) is 0 Å². The Morgan fingerprint density at radius 2 is 1.86 bits per heavy atom. The van der Waals surface area contributed by atoms with Crippen molar-refractivity contribution in [2.24, 2.45) is 0 Å². The maximum atomic E-state index is 12.2. The molecule has 0 aliphatic rings. The van der Waals surface area contributed by atoms with Gasteiger partial charge in [0.15, 0.2) is 0 Å². The molecule has 1 heterocycles. The lowest BCUT2D eigenvalue weighted by Gasteiger charge is -2.10. The van der Waals surface area contributed by atoms with Crippen molar-refractivity contribution in [3.8, 4) is 0 Å². The number of benzene rings is 2. The quantitative estimate of drug-likeness (QED) is 0.694. The molecule has 1 aromatic heterocycles. The molecule has 3 aromatic rings.